The van der Waals surface area contributed by atoms with Crippen LogP contribution in [0.3, 0.4) is 0 Å². The second-order valence-electron chi connectivity index (χ2n) is 0.316. The molecule has 35 valence electrons. The summed E-state index contributed by atoms with van der Waals surface area (Å²) >= 11 is 0. The van der Waals surface area contributed by atoms with Gasteiger partial charge in [-0.25, -0.2) is 0 Å². The molecule has 5 heavy (non-hydrogen) atoms. The van der Waals surface area contributed by atoms with Crippen LogP contribution in [0.15, 0.2) is 0 Å². The number of hydrogen-bond donors (Lipinski definition) is 1. The van der Waals surface area contributed by atoms with E-state index in [0.29, 0.717) is 0 Å². The number of aliphatic hydroxyl groups excluding tert-OH is 1. The van der Waals surface area contributed by atoms with Crippen molar-refractivity contribution >= 4 is 12.4 Å². The molecule has 0 saturated carbocycles. The van der Waals surface area contributed by atoms with Crippen LogP contribution in [0.2, 0.25) is 0 Å². The fraction of sp³-hybridized carbons (Fsp3) is 1.00. The van der Waals surface area contributed by atoms with Gasteiger partial charge in [0, 0.05) is 56.0 Å². The quantitative estimate of drug-likeness (QED) is 0.644. The predicted molar refractivity (Wildman–Crippen MR) is 20.0 cm³/mol. The van der Waals surface area contributed by atoms with Gasteiger partial charge in [-0.05, 0) is 6.92 Å². The van der Waals surface area contributed by atoms with E-state index >= 15 is 0 Å². The van der Waals surface area contributed by atoms with Crippen molar-refractivity contribution in [1.82, 2.24) is 0 Å². The second kappa shape index (κ2) is 17.0. The van der Waals surface area contributed by atoms with Crippen LogP contribution in [0, 0.1) is 49.4 Å². The summed E-state index contributed by atoms with van der Waals surface area (Å²) in [7, 11) is 0. The zero-order valence-electron chi connectivity index (χ0n) is 2.94. The molecule has 0 aliphatic carbocycles. The van der Waals surface area contributed by atoms with Gasteiger partial charge in [0.15, 0.2) is 0 Å². The summed E-state index contributed by atoms with van der Waals surface area (Å²) in [6.07, 6.45) is 0. The molecule has 3 heteroatoms. The fourth-order valence-electron chi connectivity index (χ4n) is 0. The van der Waals surface area contributed by atoms with Gasteiger partial charge in [0.2, 0.25) is 0 Å². The third kappa shape index (κ3) is 25.5. The van der Waals surface area contributed by atoms with Gasteiger partial charge in [0.25, 0.3) is 0 Å². The van der Waals surface area contributed by atoms with Crippen molar-refractivity contribution < 1.29 is 54.5 Å². The summed E-state index contributed by atoms with van der Waals surface area (Å²) < 4.78 is 0. The predicted octanol–water partition coefficient (Wildman–Crippen LogP) is 0.420. The van der Waals surface area contributed by atoms with E-state index < -0.39 is 0 Å². The molecule has 0 aromatic rings. The minimum atomic E-state index is 0. The molecule has 0 spiro atoms. The molecule has 0 aliphatic heterocycles. The Labute approximate surface area is 79.1 Å². The van der Waals surface area contributed by atoms with E-state index in [9.17, 15) is 0 Å². The summed E-state index contributed by atoms with van der Waals surface area (Å²) in [5.41, 5.74) is 0. The maximum Gasteiger partial charge on any atom is 0.0402 e. The van der Waals surface area contributed by atoms with Crippen molar-refractivity contribution in [3.05, 3.63) is 0 Å². The van der Waals surface area contributed by atoms with Gasteiger partial charge in [-0.15, -0.1) is 12.4 Å². The monoisotopic (exact) mass is 235 g/mol. The van der Waals surface area contributed by atoms with E-state index in [2.05, 4.69) is 0 Å². The van der Waals surface area contributed by atoms with Gasteiger partial charge >= 0.3 is 0 Å². The van der Waals surface area contributed by atoms with E-state index in [1.807, 2.05) is 0 Å². The number of halogens is 1. The largest absolute Gasteiger partial charge is 0.397 e. The van der Waals surface area contributed by atoms with Crippen molar-refractivity contribution in [2.75, 3.05) is 6.61 Å². The molecule has 0 aromatic carbocycles. The van der Waals surface area contributed by atoms with Crippen LogP contribution in [0.5, 0.6) is 0 Å². The van der Waals surface area contributed by atoms with Crippen molar-refractivity contribution in [3.63, 3.8) is 0 Å². The van der Waals surface area contributed by atoms with Gasteiger partial charge in [0.1, 0.15) is 0 Å². The molecule has 1 N–H and O–H groups in total. The Morgan fingerprint density at radius 3 is 1.60 bits per heavy atom. The standard InChI is InChI=1S/C2H6O.ClH.Eu/c1-2-3;;/h3H,2H2,1H3;1H;. The smallest absolute Gasteiger partial charge is 0.0402 e. The summed E-state index contributed by atoms with van der Waals surface area (Å²) in [5, 5.41) is 7.57. The molecular formula is C2H7ClEuO. The van der Waals surface area contributed by atoms with E-state index in [0.717, 1.165) is 0 Å². The van der Waals surface area contributed by atoms with Gasteiger partial charge in [0.05, 0.1) is 0 Å². The van der Waals surface area contributed by atoms with E-state index in [-0.39, 0.29) is 68.4 Å². The maximum absolute atomic E-state index is 7.57. The molecule has 0 bridgehead atoms. The molecule has 0 amide bonds. The van der Waals surface area contributed by atoms with Crippen LogP contribution < -0.4 is 0 Å². The Balaban J connectivity index is -0.0000000200. The third-order valence-electron chi connectivity index (χ3n) is 0. The van der Waals surface area contributed by atoms with Gasteiger partial charge in [-0.2, -0.15) is 0 Å². The van der Waals surface area contributed by atoms with Crippen LogP contribution in [0.4, 0.5) is 0 Å². The maximum atomic E-state index is 7.57. The van der Waals surface area contributed by atoms with Crippen molar-refractivity contribution in [2.24, 2.45) is 0 Å². The first kappa shape index (κ1) is 15.8. The minimum Gasteiger partial charge on any atom is -0.397 e. The Morgan fingerprint density at radius 1 is 1.60 bits per heavy atom. The Morgan fingerprint density at radius 2 is 1.60 bits per heavy atom. The summed E-state index contributed by atoms with van der Waals surface area (Å²) in [6, 6.07) is 0. The van der Waals surface area contributed by atoms with Gasteiger partial charge < -0.3 is 5.11 Å². The Kier molecular flexibility index (Phi) is 53.7. The minimum absolute atomic E-state index is 0. The van der Waals surface area contributed by atoms with Gasteiger partial charge in [-0.3, -0.25) is 0 Å². The van der Waals surface area contributed by atoms with Crippen LogP contribution in [-0.4, -0.2) is 11.7 Å². The Hall–Kier alpha value is 1.83. The topological polar surface area (TPSA) is 20.2 Å². The number of hydrogen-bond acceptors (Lipinski definition) is 1. The molecule has 0 heterocycles. The van der Waals surface area contributed by atoms with Crippen molar-refractivity contribution in [2.45, 2.75) is 6.92 Å². The first-order valence-electron chi connectivity index (χ1n) is 1.02. The third-order valence-corrected chi connectivity index (χ3v) is 0. The molecule has 1 nitrogen and oxygen atoms in total. The van der Waals surface area contributed by atoms with Crippen molar-refractivity contribution in [1.29, 1.82) is 0 Å². The summed E-state index contributed by atoms with van der Waals surface area (Å²) in [6.45, 7) is 1.93. The summed E-state index contributed by atoms with van der Waals surface area (Å²) in [5.74, 6) is 0. The molecule has 1 radical (unpaired) electrons. The number of aliphatic hydroxyl groups is 1. The Bertz CT molecular complexity index is 9.61. The first-order chi connectivity index (χ1) is 1.41. The molecule has 0 rings (SSSR count). The number of rotatable bonds is 0. The van der Waals surface area contributed by atoms with Crippen LogP contribution in [-0.2, 0) is 0 Å². The second-order valence-corrected chi connectivity index (χ2v) is 0.316. The SMILES string of the molecule is CCO.Cl.[Eu]. The first-order valence-corrected chi connectivity index (χ1v) is 1.02. The van der Waals surface area contributed by atoms with Crippen molar-refractivity contribution in [3.8, 4) is 0 Å². The average molecular weight is 234 g/mol. The molecular weight excluding hydrogens is 227 g/mol. The van der Waals surface area contributed by atoms with Crippen LogP contribution in [0.25, 0.3) is 0 Å². The summed E-state index contributed by atoms with van der Waals surface area (Å²) in [4.78, 5) is 0. The van der Waals surface area contributed by atoms with E-state index in [1.165, 1.54) is 0 Å². The van der Waals surface area contributed by atoms with E-state index in [4.69, 9.17) is 5.11 Å². The molecule has 0 unspecified atom stereocenters. The fourth-order valence-corrected chi connectivity index (χ4v) is 0. The zero-order valence-corrected chi connectivity index (χ0v) is 6.18. The average Bonchev–Trinajstić information content (AvgIpc) is 0.918. The van der Waals surface area contributed by atoms with Gasteiger partial charge in [-0.1, -0.05) is 0 Å². The molecule has 0 atom stereocenters. The molecule has 0 fully saturated rings. The zero-order chi connectivity index (χ0) is 2.71. The normalized spacial score (nSPS) is 3.60. The van der Waals surface area contributed by atoms with Crippen LogP contribution >= 0.6 is 12.4 Å². The molecule has 0 aliphatic rings. The van der Waals surface area contributed by atoms with Crippen LogP contribution in [0.1, 0.15) is 6.92 Å². The molecule has 0 saturated heterocycles. The van der Waals surface area contributed by atoms with E-state index in [1.54, 1.807) is 6.92 Å². The molecule has 0 aromatic heterocycles.